The number of H-pyrrole nitrogens is 1. The van der Waals surface area contributed by atoms with Gasteiger partial charge in [0, 0.05) is 61.7 Å². The van der Waals surface area contributed by atoms with Gasteiger partial charge in [0.2, 0.25) is 5.91 Å². The quantitative estimate of drug-likeness (QED) is 0.627. The van der Waals surface area contributed by atoms with Crippen LogP contribution in [0, 0.1) is 5.92 Å². The molecule has 0 bridgehead atoms. The first kappa shape index (κ1) is 21.2. The number of pyridine rings is 1. The van der Waals surface area contributed by atoms with Gasteiger partial charge in [0.25, 0.3) is 0 Å². The van der Waals surface area contributed by atoms with Crippen molar-refractivity contribution in [1.29, 1.82) is 0 Å². The molecule has 2 saturated heterocycles. The summed E-state index contributed by atoms with van der Waals surface area (Å²) in [6.07, 6.45) is 7.94. The minimum Gasteiger partial charge on any atom is -0.357 e. The van der Waals surface area contributed by atoms with Crippen LogP contribution in [0.1, 0.15) is 36.9 Å². The maximum absolute atomic E-state index is 12.6. The maximum atomic E-state index is 12.6. The number of hydrogen-bond acceptors (Lipinski definition) is 4. The molecule has 2 aliphatic rings. The highest BCUT2D eigenvalue weighted by Crippen LogP contribution is 2.25. The number of amides is 1. The fourth-order valence-corrected chi connectivity index (χ4v) is 5.27. The van der Waals surface area contributed by atoms with E-state index in [1.807, 2.05) is 18.3 Å². The number of para-hydroxylation sites is 1. The number of likely N-dealkylation sites (tertiary alicyclic amines) is 2. The molecule has 32 heavy (non-hydrogen) atoms. The van der Waals surface area contributed by atoms with Gasteiger partial charge in [-0.05, 0) is 67.9 Å². The van der Waals surface area contributed by atoms with Crippen LogP contribution in [-0.2, 0) is 17.9 Å². The first-order valence-electron chi connectivity index (χ1n) is 11.9. The first-order valence-corrected chi connectivity index (χ1v) is 11.9. The Morgan fingerprint density at radius 3 is 2.59 bits per heavy atom. The molecule has 2 aromatic heterocycles. The Hall–Kier alpha value is -2.70. The summed E-state index contributed by atoms with van der Waals surface area (Å²) in [5.41, 5.74) is 3.59. The third kappa shape index (κ3) is 5.03. The van der Waals surface area contributed by atoms with Crippen LogP contribution in [0.15, 0.2) is 54.9 Å². The first-order chi connectivity index (χ1) is 15.7. The summed E-state index contributed by atoms with van der Waals surface area (Å²) in [6.45, 7) is 5.94. The van der Waals surface area contributed by atoms with Gasteiger partial charge in [-0.15, -0.1) is 0 Å². The van der Waals surface area contributed by atoms with Crippen LogP contribution in [0.25, 0.3) is 10.9 Å². The van der Waals surface area contributed by atoms with Crippen LogP contribution >= 0.6 is 0 Å². The third-order valence-electron chi connectivity index (χ3n) is 7.14. The minimum atomic E-state index is 0.144. The number of carbonyl (C=O) groups excluding carboxylic acids is 1. The van der Waals surface area contributed by atoms with Crippen molar-refractivity contribution in [3.05, 3.63) is 66.1 Å². The second-order valence-corrected chi connectivity index (χ2v) is 9.28. The molecule has 1 amide bonds. The largest absolute Gasteiger partial charge is 0.357 e. The summed E-state index contributed by atoms with van der Waals surface area (Å²) in [5.74, 6) is 0.340. The third-order valence-corrected chi connectivity index (χ3v) is 7.14. The van der Waals surface area contributed by atoms with E-state index in [2.05, 4.69) is 55.4 Å². The van der Waals surface area contributed by atoms with Crippen LogP contribution in [0.3, 0.4) is 0 Å². The molecule has 0 saturated carbocycles. The molecule has 1 aromatic carbocycles. The van der Waals surface area contributed by atoms with E-state index >= 15 is 0 Å². The number of rotatable bonds is 6. The molecule has 3 aromatic rings. The topological polar surface area (TPSA) is 64.3 Å². The Bertz CT molecular complexity index is 984. The molecule has 4 heterocycles. The van der Waals surface area contributed by atoms with Crippen LogP contribution in [0.4, 0.5) is 0 Å². The lowest BCUT2D eigenvalue weighted by atomic mass is 9.92. The molecule has 5 rings (SSSR count). The lowest BCUT2D eigenvalue weighted by Crippen LogP contribution is -2.49. The van der Waals surface area contributed by atoms with Crippen LogP contribution in [0.2, 0.25) is 0 Å². The Kier molecular flexibility index (Phi) is 6.51. The van der Waals surface area contributed by atoms with E-state index in [1.165, 1.54) is 29.4 Å². The van der Waals surface area contributed by atoms with Gasteiger partial charge in [-0.3, -0.25) is 14.7 Å². The van der Waals surface area contributed by atoms with Gasteiger partial charge in [-0.2, -0.15) is 0 Å². The van der Waals surface area contributed by atoms with Crippen molar-refractivity contribution in [3.63, 3.8) is 0 Å². The molecule has 0 atom stereocenters. The molecule has 2 aliphatic heterocycles. The van der Waals surface area contributed by atoms with Crippen molar-refractivity contribution in [2.24, 2.45) is 5.92 Å². The Morgan fingerprint density at radius 1 is 1.03 bits per heavy atom. The minimum absolute atomic E-state index is 0.144. The van der Waals surface area contributed by atoms with Crippen molar-refractivity contribution in [1.82, 2.24) is 25.1 Å². The van der Waals surface area contributed by atoms with Gasteiger partial charge in [0.1, 0.15) is 0 Å². The van der Waals surface area contributed by atoms with Crippen LogP contribution in [0.5, 0.6) is 0 Å². The summed E-state index contributed by atoms with van der Waals surface area (Å²) in [5, 5.41) is 4.39. The number of hydrogen-bond donors (Lipinski definition) is 2. The number of aromatic amines is 1. The monoisotopic (exact) mass is 431 g/mol. The van der Waals surface area contributed by atoms with Crippen molar-refractivity contribution in [3.8, 4) is 0 Å². The summed E-state index contributed by atoms with van der Waals surface area (Å²) in [6, 6.07) is 15.4. The molecule has 2 fully saturated rings. The van der Waals surface area contributed by atoms with Gasteiger partial charge in [-0.1, -0.05) is 24.3 Å². The van der Waals surface area contributed by atoms with Gasteiger partial charge in [0.05, 0.1) is 0 Å². The van der Waals surface area contributed by atoms with Gasteiger partial charge >= 0.3 is 0 Å². The van der Waals surface area contributed by atoms with Crippen LogP contribution < -0.4 is 5.32 Å². The number of piperidine rings is 2. The standard InChI is InChI=1S/C26H33N5O/c32-26(28-18-20-4-3-11-27-17-20)21-7-14-31(15-8-21)24-9-12-30(13-10-24)19-23-16-22-5-1-2-6-25(22)29-23/h1-6,11,16-17,21,24,29H,7-10,12-15,18-19H2,(H,28,32). The normalized spacial score (nSPS) is 19.4. The highest BCUT2D eigenvalue weighted by atomic mass is 16.1. The number of nitrogens with one attached hydrogen (secondary N) is 2. The molecule has 2 N–H and O–H groups in total. The number of aromatic nitrogens is 2. The van der Waals surface area contributed by atoms with E-state index in [1.54, 1.807) is 6.20 Å². The van der Waals surface area contributed by atoms with E-state index in [9.17, 15) is 4.79 Å². The van der Waals surface area contributed by atoms with Crippen molar-refractivity contribution < 1.29 is 4.79 Å². The predicted octanol–water partition coefficient (Wildman–Crippen LogP) is 3.56. The number of fused-ring (bicyclic) bond motifs is 1. The highest BCUT2D eigenvalue weighted by molar-refractivity contribution is 5.80. The number of nitrogens with zero attached hydrogens (tertiary/aromatic N) is 3. The lowest BCUT2D eigenvalue weighted by Gasteiger charge is -2.41. The molecule has 0 unspecified atom stereocenters. The Balaban J connectivity index is 1.04. The van der Waals surface area contributed by atoms with Crippen molar-refractivity contribution in [2.45, 2.75) is 44.8 Å². The van der Waals surface area contributed by atoms with E-state index in [0.717, 1.165) is 51.1 Å². The molecule has 0 radical (unpaired) electrons. The average Bonchev–Trinajstić information content (AvgIpc) is 3.26. The van der Waals surface area contributed by atoms with E-state index in [4.69, 9.17) is 0 Å². The smallest absolute Gasteiger partial charge is 0.223 e. The molecule has 0 aliphatic carbocycles. The second kappa shape index (κ2) is 9.84. The zero-order chi connectivity index (χ0) is 21.8. The molecule has 6 heteroatoms. The Labute approximate surface area is 190 Å². The van der Waals surface area contributed by atoms with Crippen molar-refractivity contribution in [2.75, 3.05) is 26.2 Å². The SMILES string of the molecule is O=C(NCc1cccnc1)C1CCN(C2CCN(Cc3cc4ccccc4[nH]3)CC2)CC1. The van der Waals surface area contributed by atoms with Crippen molar-refractivity contribution >= 4 is 16.8 Å². The summed E-state index contributed by atoms with van der Waals surface area (Å²) in [4.78, 5) is 25.4. The van der Waals surface area contributed by atoms with E-state index in [0.29, 0.717) is 12.6 Å². The fourth-order valence-electron chi connectivity index (χ4n) is 5.27. The van der Waals surface area contributed by atoms with Gasteiger partial charge < -0.3 is 15.2 Å². The molecular formula is C26H33N5O. The Morgan fingerprint density at radius 2 is 1.84 bits per heavy atom. The molecule has 168 valence electrons. The predicted molar refractivity (Wildman–Crippen MR) is 127 cm³/mol. The molecule has 0 spiro atoms. The number of carbonyl (C=O) groups is 1. The maximum Gasteiger partial charge on any atom is 0.223 e. The molecule has 6 nitrogen and oxygen atoms in total. The highest BCUT2D eigenvalue weighted by Gasteiger charge is 2.30. The van der Waals surface area contributed by atoms with Crippen LogP contribution in [-0.4, -0.2) is 57.9 Å². The van der Waals surface area contributed by atoms with E-state index < -0.39 is 0 Å². The second-order valence-electron chi connectivity index (χ2n) is 9.28. The van der Waals surface area contributed by atoms with Gasteiger partial charge in [-0.25, -0.2) is 0 Å². The zero-order valence-corrected chi connectivity index (χ0v) is 18.7. The van der Waals surface area contributed by atoms with Gasteiger partial charge in [0.15, 0.2) is 0 Å². The van der Waals surface area contributed by atoms with E-state index in [-0.39, 0.29) is 11.8 Å². The average molecular weight is 432 g/mol. The molecular weight excluding hydrogens is 398 g/mol. The summed E-state index contributed by atoms with van der Waals surface area (Å²) >= 11 is 0. The zero-order valence-electron chi connectivity index (χ0n) is 18.7. The fraction of sp³-hybridized carbons (Fsp3) is 0.462. The lowest BCUT2D eigenvalue weighted by molar-refractivity contribution is -0.126. The summed E-state index contributed by atoms with van der Waals surface area (Å²) in [7, 11) is 0. The number of benzene rings is 1. The summed E-state index contributed by atoms with van der Waals surface area (Å²) < 4.78 is 0.